The minimum absolute atomic E-state index is 0.176. The van der Waals surface area contributed by atoms with E-state index < -0.39 is 10.0 Å². The van der Waals surface area contributed by atoms with Crippen LogP contribution in [0.25, 0.3) is 0 Å². The molecule has 1 heterocycles. The van der Waals surface area contributed by atoms with E-state index in [1.807, 2.05) is 12.1 Å². The number of amides is 1. The fraction of sp³-hybridized carbons (Fsp3) is 0.667. The Morgan fingerprint density at radius 2 is 1.52 bits per heavy atom. The smallest absolute Gasteiger partial charge is 0.243 e. The van der Waals surface area contributed by atoms with Crippen LogP contribution < -0.4 is 5.32 Å². The second-order valence-electron chi connectivity index (χ2n) is 7.84. The first-order valence-electron chi connectivity index (χ1n) is 10.4. The summed E-state index contributed by atoms with van der Waals surface area (Å²) in [7, 11) is -3.39. The van der Waals surface area contributed by atoms with E-state index in [1.54, 1.807) is 16.4 Å². The first-order chi connectivity index (χ1) is 13.1. The molecular weight excluding hydrogens is 360 g/mol. The molecule has 0 aromatic heterocycles. The maximum atomic E-state index is 12.8. The van der Waals surface area contributed by atoms with Crippen LogP contribution in [0.1, 0.15) is 63.4 Å². The zero-order valence-corrected chi connectivity index (χ0v) is 17.0. The molecule has 1 saturated heterocycles. The summed E-state index contributed by atoms with van der Waals surface area (Å²) in [4.78, 5) is 12.6. The summed E-state index contributed by atoms with van der Waals surface area (Å²) in [5.41, 5.74) is 1.05. The molecule has 1 aromatic carbocycles. The highest BCUT2D eigenvalue weighted by atomic mass is 32.2. The van der Waals surface area contributed by atoms with E-state index in [-0.39, 0.29) is 11.8 Å². The van der Waals surface area contributed by atoms with Crippen LogP contribution in [-0.4, -0.2) is 38.3 Å². The maximum Gasteiger partial charge on any atom is 0.243 e. The molecule has 1 aliphatic heterocycles. The lowest BCUT2D eigenvalue weighted by Gasteiger charge is -2.21. The Hall–Kier alpha value is -1.40. The van der Waals surface area contributed by atoms with Crippen molar-refractivity contribution in [3.63, 3.8) is 0 Å². The van der Waals surface area contributed by atoms with E-state index in [0.29, 0.717) is 24.5 Å². The number of sulfonamides is 1. The van der Waals surface area contributed by atoms with E-state index in [9.17, 15) is 13.2 Å². The van der Waals surface area contributed by atoms with Crippen molar-refractivity contribution in [1.82, 2.24) is 9.62 Å². The average molecular weight is 393 g/mol. The number of benzene rings is 1. The third-order valence-corrected chi connectivity index (χ3v) is 7.73. The summed E-state index contributed by atoms with van der Waals surface area (Å²) in [6.45, 7) is 1.85. The number of carbonyl (C=O) groups is 1. The summed E-state index contributed by atoms with van der Waals surface area (Å²) in [6.07, 6.45) is 10.4. The molecule has 5 nitrogen and oxygen atoms in total. The zero-order chi connectivity index (χ0) is 19.1. The van der Waals surface area contributed by atoms with Gasteiger partial charge in [0.2, 0.25) is 15.9 Å². The molecule has 1 aliphatic carbocycles. The molecule has 1 N–H and O–H groups in total. The van der Waals surface area contributed by atoms with Crippen molar-refractivity contribution in [3.8, 4) is 0 Å². The summed E-state index contributed by atoms with van der Waals surface area (Å²) in [6, 6.07) is 7.16. The van der Waals surface area contributed by atoms with Crippen LogP contribution in [-0.2, 0) is 21.2 Å². The topological polar surface area (TPSA) is 66.5 Å². The van der Waals surface area contributed by atoms with Crippen LogP contribution in [0, 0.1) is 5.92 Å². The quantitative estimate of drug-likeness (QED) is 0.806. The lowest BCUT2D eigenvalue weighted by molar-refractivity contribution is -0.125. The van der Waals surface area contributed by atoms with Crippen LogP contribution in [0.5, 0.6) is 0 Å². The highest BCUT2D eigenvalue weighted by molar-refractivity contribution is 7.89. The molecular formula is C21H32N2O3S. The van der Waals surface area contributed by atoms with Crippen molar-refractivity contribution < 1.29 is 13.2 Å². The molecule has 1 amide bonds. The van der Waals surface area contributed by atoms with Crippen molar-refractivity contribution in [3.05, 3.63) is 29.8 Å². The summed E-state index contributed by atoms with van der Waals surface area (Å²) >= 11 is 0. The van der Waals surface area contributed by atoms with Gasteiger partial charge in [-0.05, 0) is 49.8 Å². The molecule has 1 saturated carbocycles. The van der Waals surface area contributed by atoms with Crippen molar-refractivity contribution in [2.24, 2.45) is 5.92 Å². The van der Waals surface area contributed by atoms with Gasteiger partial charge in [-0.2, -0.15) is 4.31 Å². The van der Waals surface area contributed by atoms with Gasteiger partial charge in [-0.15, -0.1) is 0 Å². The molecule has 2 fully saturated rings. The first kappa shape index (κ1) is 20.3. The Labute approximate surface area is 163 Å². The van der Waals surface area contributed by atoms with Crippen molar-refractivity contribution in [2.75, 3.05) is 19.6 Å². The SMILES string of the molecule is O=C(NCCc1ccc(S(=O)(=O)N2CCCCCC2)cc1)C1CCCCC1. The van der Waals surface area contributed by atoms with Gasteiger partial charge in [0, 0.05) is 25.6 Å². The summed E-state index contributed by atoms with van der Waals surface area (Å²) in [5.74, 6) is 0.356. The first-order valence-corrected chi connectivity index (χ1v) is 11.9. The molecule has 27 heavy (non-hydrogen) atoms. The Morgan fingerprint density at radius 1 is 0.926 bits per heavy atom. The number of hydrogen-bond acceptors (Lipinski definition) is 3. The van der Waals surface area contributed by atoms with Gasteiger partial charge < -0.3 is 5.32 Å². The highest BCUT2D eigenvalue weighted by Crippen LogP contribution is 2.24. The van der Waals surface area contributed by atoms with Gasteiger partial charge in [-0.25, -0.2) is 8.42 Å². The normalized spacial score (nSPS) is 20.1. The lowest BCUT2D eigenvalue weighted by atomic mass is 9.88. The van der Waals surface area contributed by atoms with Crippen LogP contribution in [0.4, 0.5) is 0 Å². The van der Waals surface area contributed by atoms with Crippen molar-refractivity contribution in [1.29, 1.82) is 0 Å². The van der Waals surface area contributed by atoms with Crippen molar-refractivity contribution in [2.45, 2.75) is 69.1 Å². The van der Waals surface area contributed by atoms with Gasteiger partial charge in [0.15, 0.2) is 0 Å². The number of hydrogen-bond donors (Lipinski definition) is 1. The number of nitrogens with zero attached hydrogens (tertiary/aromatic N) is 1. The molecule has 3 rings (SSSR count). The largest absolute Gasteiger partial charge is 0.356 e. The van der Waals surface area contributed by atoms with Crippen molar-refractivity contribution >= 4 is 15.9 Å². The van der Waals surface area contributed by atoms with Crippen LogP contribution >= 0.6 is 0 Å². The molecule has 1 aromatic rings. The van der Waals surface area contributed by atoms with Gasteiger partial charge in [0.1, 0.15) is 0 Å². The molecule has 0 radical (unpaired) electrons. The van der Waals surface area contributed by atoms with Crippen LogP contribution in [0.2, 0.25) is 0 Å². The fourth-order valence-corrected chi connectivity index (χ4v) is 5.62. The third kappa shape index (κ3) is 5.55. The molecule has 2 aliphatic rings. The lowest BCUT2D eigenvalue weighted by Crippen LogP contribution is -2.33. The van der Waals surface area contributed by atoms with E-state index in [0.717, 1.165) is 63.4 Å². The second-order valence-corrected chi connectivity index (χ2v) is 9.78. The third-order valence-electron chi connectivity index (χ3n) is 5.82. The summed E-state index contributed by atoms with van der Waals surface area (Å²) < 4.78 is 27.2. The molecule has 0 spiro atoms. The molecule has 0 atom stereocenters. The van der Waals surface area contributed by atoms with E-state index >= 15 is 0 Å². The van der Waals surface area contributed by atoms with Gasteiger partial charge in [-0.1, -0.05) is 44.2 Å². The minimum Gasteiger partial charge on any atom is -0.356 e. The predicted molar refractivity (Wildman–Crippen MR) is 107 cm³/mol. The number of rotatable bonds is 6. The Morgan fingerprint density at radius 3 is 2.15 bits per heavy atom. The standard InChI is InChI=1S/C21H32N2O3S/c24-21(19-8-4-3-5-9-19)22-15-14-18-10-12-20(13-11-18)27(25,26)23-16-6-1-2-7-17-23/h10-13,19H,1-9,14-17H2,(H,22,24). The maximum absolute atomic E-state index is 12.8. The zero-order valence-electron chi connectivity index (χ0n) is 16.2. The molecule has 150 valence electrons. The van der Waals surface area contributed by atoms with Gasteiger partial charge in [0.05, 0.1) is 4.90 Å². The minimum atomic E-state index is -3.39. The van der Waals surface area contributed by atoms with Crippen LogP contribution in [0.3, 0.4) is 0 Å². The number of carbonyl (C=O) groups excluding carboxylic acids is 1. The summed E-state index contributed by atoms with van der Waals surface area (Å²) in [5, 5.41) is 3.04. The fourth-order valence-electron chi connectivity index (χ4n) is 4.10. The Bertz CT molecular complexity index is 701. The Kier molecular flexibility index (Phi) is 7.30. The molecule has 6 heteroatoms. The molecule has 0 bridgehead atoms. The van der Waals surface area contributed by atoms with Crippen LogP contribution in [0.15, 0.2) is 29.2 Å². The average Bonchev–Trinajstić information content (AvgIpc) is 2.99. The number of nitrogens with one attached hydrogen (secondary N) is 1. The van der Waals surface area contributed by atoms with E-state index in [4.69, 9.17) is 0 Å². The van der Waals surface area contributed by atoms with E-state index in [1.165, 1.54) is 6.42 Å². The predicted octanol–water partition coefficient (Wildman–Crippen LogP) is 3.49. The van der Waals surface area contributed by atoms with Gasteiger partial charge in [0.25, 0.3) is 0 Å². The van der Waals surface area contributed by atoms with Gasteiger partial charge >= 0.3 is 0 Å². The molecule has 0 unspecified atom stereocenters. The van der Waals surface area contributed by atoms with E-state index in [2.05, 4.69) is 5.32 Å². The second kappa shape index (κ2) is 9.69. The Balaban J connectivity index is 1.51. The monoisotopic (exact) mass is 392 g/mol. The van der Waals surface area contributed by atoms with Gasteiger partial charge in [-0.3, -0.25) is 4.79 Å². The highest BCUT2D eigenvalue weighted by Gasteiger charge is 2.25.